The molecule has 2 aromatic carbocycles. The summed E-state index contributed by atoms with van der Waals surface area (Å²) in [5, 5.41) is 7.20. The molecule has 1 fully saturated rings. The number of hydrogen-bond acceptors (Lipinski definition) is 3. The number of benzene rings is 2. The normalized spacial score (nSPS) is 18.4. The zero-order valence-electron chi connectivity index (χ0n) is 19.6. The summed E-state index contributed by atoms with van der Waals surface area (Å²) in [5.41, 5.74) is 3.27. The van der Waals surface area contributed by atoms with Crippen LogP contribution in [0.15, 0.2) is 67.0 Å². The lowest BCUT2D eigenvalue weighted by Gasteiger charge is -2.42. The lowest BCUT2D eigenvalue weighted by molar-refractivity contribution is -0.133. The van der Waals surface area contributed by atoms with E-state index in [-0.39, 0.29) is 17.9 Å². The van der Waals surface area contributed by atoms with E-state index in [0.29, 0.717) is 25.1 Å². The molecule has 2 amide bonds. The fourth-order valence-corrected chi connectivity index (χ4v) is 4.83. The fourth-order valence-electron chi connectivity index (χ4n) is 4.83. The van der Waals surface area contributed by atoms with Crippen LogP contribution < -0.4 is 5.32 Å². The SMILES string of the molecule is CNC(=O)C1(Cc2ccccc2-c2ccccc2)CCCN(C(=O)c2cnn(C(C)C)c2)C1. The third-order valence-corrected chi connectivity index (χ3v) is 6.58. The van der Waals surface area contributed by atoms with Gasteiger partial charge >= 0.3 is 0 Å². The van der Waals surface area contributed by atoms with E-state index in [0.717, 1.165) is 29.5 Å². The zero-order chi connectivity index (χ0) is 23.4. The first-order chi connectivity index (χ1) is 15.9. The number of rotatable bonds is 6. The van der Waals surface area contributed by atoms with E-state index in [9.17, 15) is 9.59 Å². The standard InChI is InChI=1S/C27H32N4O2/c1-20(2)31-18-23(17-29-31)25(32)30-15-9-14-27(19-30,26(33)28-3)16-22-12-7-8-13-24(22)21-10-5-4-6-11-21/h4-8,10-13,17-18,20H,9,14-16,19H2,1-3H3,(H,28,33). The second kappa shape index (κ2) is 9.61. The molecule has 1 aromatic heterocycles. The first kappa shape index (κ1) is 22.8. The highest BCUT2D eigenvalue weighted by molar-refractivity contribution is 5.94. The second-order valence-corrected chi connectivity index (χ2v) is 9.19. The molecule has 1 N–H and O–H groups in total. The van der Waals surface area contributed by atoms with Crippen LogP contribution in [0, 0.1) is 5.41 Å². The van der Waals surface area contributed by atoms with Crippen LogP contribution >= 0.6 is 0 Å². The highest BCUT2D eigenvalue weighted by atomic mass is 16.2. The van der Waals surface area contributed by atoms with Gasteiger partial charge in [-0.05, 0) is 49.8 Å². The summed E-state index contributed by atoms with van der Waals surface area (Å²) < 4.78 is 1.79. The summed E-state index contributed by atoms with van der Waals surface area (Å²) in [6, 6.07) is 18.7. The van der Waals surface area contributed by atoms with Crippen molar-refractivity contribution in [2.24, 2.45) is 5.41 Å². The van der Waals surface area contributed by atoms with Gasteiger partial charge in [-0.2, -0.15) is 5.10 Å². The molecule has 0 saturated carbocycles. The number of aromatic nitrogens is 2. The summed E-state index contributed by atoms with van der Waals surface area (Å²) in [6.45, 7) is 5.10. The highest BCUT2D eigenvalue weighted by Gasteiger charge is 2.43. The number of piperidine rings is 1. The van der Waals surface area contributed by atoms with Crippen molar-refractivity contribution in [2.75, 3.05) is 20.1 Å². The van der Waals surface area contributed by atoms with E-state index < -0.39 is 5.41 Å². The molecule has 0 aliphatic carbocycles. The van der Waals surface area contributed by atoms with Crippen molar-refractivity contribution >= 4 is 11.8 Å². The Balaban J connectivity index is 1.64. The molecular weight excluding hydrogens is 412 g/mol. The molecule has 1 unspecified atom stereocenters. The molecule has 1 saturated heterocycles. The molecule has 3 aromatic rings. The van der Waals surface area contributed by atoms with Crippen LogP contribution in [0.3, 0.4) is 0 Å². The van der Waals surface area contributed by atoms with Crippen LogP contribution in [0.2, 0.25) is 0 Å². The third kappa shape index (κ3) is 4.70. The molecule has 0 spiro atoms. The first-order valence-electron chi connectivity index (χ1n) is 11.6. The molecule has 1 aliphatic heterocycles. The predicted molar refractivity (Wildman–Crippen MR) is 130 cm³/mol. The Labute approximate surface area is 195 Å². The number of likely N-dealkylation sites (tertiary alicyclic amines) is 1. The van der Waals surface area contributed by atoms with Gasteiger partial charge in [0.15, 0.2) is 0 Å². The van der Waals surface area contributed by atoms with Gasteiger partial charge in [-0.15, -0.1) is 0 Å². The van der Waals surface area contributed by atoms with Gasteiger partial charge in [0.05, 0.1) is 17.2 Å². The maximum Gasteiger partial charge on any atom is 0.257 e. The van der Waals surface area contributed by atoms with E-state index in [1.165, 1.54) is 0 Å². The quantitative estimate of drug-likeness (QED) is 0.615. The zero-order valence-corrected chi connectivity index (χ0v) is 19.6. The number of nitrogens with one attached hydrogen (secondary N) is 1. The fraction of sp³-hybridized carbons (Fsp3) is 0.370. The van der Waals surface area contributed by atoms with Gasteiger partial charge in [-0.25, -0.2) is 0 Å². The molecule has 0 radical (unpaired) electrons. The van der Waals surface area contributed by atoms with Gasteiger partial charge in [0.25, 0.3) is 5.91 Å². The van der Waals surface area contributed by atoms with Crippen molar-refractivity contribution in [3.8, 4) is 11.1 Å². The molecule has 6 nitrogen and oxygen atoms in total. The number of hydrogen-bond donors (Lipinski definition) is 1. The Hall–Kier alpha value is -3.41. The van der Waals surface area contributed by atoms with Gasteiger partial charge in [0.1, 0.15) is 0 Å². The summed E-state index contributed by atoms with van der Waals surface area (Å²) >= 11 is 0. The van der Waals surface area contributed by atoms with E-state index in [1.54, 1.807) is 24.1 Å². The Morgan fingerprint density at radius 3 is 2.52 bits per heavy atom. The van der Waals surface area contributed by atoms with E-state index >= 15 is 0 Å². The Bertz CT molecular complexity index is 1120. The summed E-state index contributed by atoms with van der Waals surface area (Å²) in [6.07, 6.45) is 5.53. The van der Waals surface area contributed by atoms with Crippen LogP contribution in [0.1, 0.15) is 48.7 Å². The average Bonchev–Trinajstić information content (AvgIpc) is 3.35. The van der Waals surface area contributed by atoms with E-state index in [2.05, 4.69) is 34.7 Å². The molecule has 0 bridgehead atoms. The third-order valence-electron chi connectivity index (χ3n) is 6.58. The molecule has 33 heavy (non-hydrogen) atoms. The Morgan fingerprint density at radius 2 is 1.82 bits per heavy atom. The topological polar surface area (TPSA) is 67.2 Å². The average molecular weight is 445 g/mol. The monoisotopic (exact) mass is 444 g/mol. The number of carbonyl (C=O) groups is 2. The van der Waals surface area contributed by atoms with Crippen LogP contribution in [0.5, 0.6) is 0 Å². The van der Waals surface area contributed by atoms with Crippen LogP contribution in [0.25, 0.3) is 11.1 Å². The Kier molecular flexibility index (Phi) is 6.63. The Morgan fingerprint density at radius 1 is 1.09 bits per heavy atom. The molecule has 6 heteroatoms. The van der Waals surface area contributed by atoms with Gasteiger partial charge < -0.3 is 10.2 Å². The van der Waals surface area contributed by atoms with Crippen molar-refractivity contribution in [1.82, 2.24) is 20.0 Å². The molecule has 2 heterocycles. The molecule has 4 rings (SSSR count). The predicted octanol–water partition coefficient (Wildman–Crippen LogP) is 4.34. The lowest BCUT2D eigenvalue weighted by Crippen LogP contribution is -2.54. The van der Waals surface area contributed by atoms with Crippen LogP contribution in [-0.2, 0) is 11.2 Å². The van der Waals surface area contributed by atoms with Crippen molar-refractivity contribution < 1.29 is 9.59 Å². The van der Waals surface area contributed by atoms with E-state index in [1.807, 2.05) is 49.1 Å². The number of carbonyl (C=O) groups excluding carboxylic acids is 2. The van der Waals surface area contributed by atoms with Gasteiger partial charge in [0.2, 0.25) is 5.91 Å². The summed E-state index contributed by atoms with van der Waals surface area (Å²) in [7, 11) is 1.68. The lowest BCUT2D eigenvalue weighted by atomic mass is 9.73. The van der Waals surface area contributed by atoms with Crippen LogP contribution in [-0.4, -0.2) is 46.6 Å². The summed E-state index contributed by atoms with van der Waals surface area (Å²) in [4.78, 5) is 28.4. The molecule has 1 aliphatic rings. The van der Waals surface area contributed by atoms with Crippen molar-refractivity contribution in [1.29, 1.82) is 0 Å². The smallest absolute Gasteiger partial charge is 0.257 e. The van der Waals surface area contributed by atoms with Gasteiger partial charge in [-0.1, -0.05) is 54.6 Å². The highest BCUT2D eigenvalue weighted by Crippen LogP contribution is 2.37. The van der Waals surface area contributed by atoms with Crippen molar-refractivity contribution in [2.45, 2.75) is 39.2 Å². The maximum absolute atomic E-state index is 13.3. The minimum absolute atomic E-state index is 0.0132. The number of amides is 2. The molecular formula is C27H32N4O2. The maximum atomic E-state index is 13.3. The van der Waals surface area contributed by atoms with Gasteiger partial charge in [-0.3, -0.25) is 14.3 Å². The molecule has 1 atom stereocenters. The van der Waals surface area contributed by atoms with E-state index in [4.69, 9.17) is 0 Å². The minimum Gasteiger partial charge on any atom is -0.359 e. The largest absolute Gasteiger partial charge is 0.359 e. The van der Waals surface area contributed by atoms with Crippen molar-refractivity contribution in [3.63, 3.8) is 0 Å². The number of nitrogens with zero attached hydrogens (tertiary/aromatic N) is 3. The summed E-state index contributed by atoms with van der Waals surface area (Å²) in [5.74, 6) is -0.0769. The van der Waals surface area contributed by atoms with Crippen molar-refractivity contribution in [3.05, 3.63) is 78.1 Å². The van der Waals surface area contributed by atoms with Crippen LogP contribution in [0.4, 0.5) is 0 Å². The first-order valence-corrected chi connectivity index (χ1v) is 11.6. The molecule has 172 valence electrons. The van der Waals surface area contributed by atoms with Gasteiger partial charge in [0, 0.05) is 32.4 Å². The second-order valence-electron chi connectivity index (χ2n) is 9.19. The minimum atomic E-state index is -0.679.